The summed E-state index contributed by atoms with van der Waals surface area (Å²) in [5.41, 5.74) is 0.336. The third kappa shape index (κ3) is 4.27. The quantitative estimate of drug-likeness (QED) is 0.837. The highest BCUT2D eigenvalue weighted by molar-refractivity contribution is 5.69. The highest BCUT2D eigenvalue weighted by atomic mass is 19.1. The van der Waals surface area contributed by atoms with Gasteiger partial charge in [0.25, 0.3) is 0 Å². The molecule has 1 aliphatic rings. The Bertz CT molecular complexity index is 571. The van der Waals surface area contributed by atoms with E-state index in [1.807, 2.05) is 27.7 Å². The summed E-state index contributed by atoms with van der Waals surface area (Å²) in [5, 5.41) is 0. The largest absolute Gasteiger partial charge is 0.494 e. The van der Waals surface area contributed by atoms with Crippen LogP contribution in [-0.2, 0) is 4.74 Å². The van der Waals surface area contributed by atoms with Crippen molar-refractivity contribution < 1.29 is 18.7 Å². The molecule has 5 nitrogen and oxygen atoms in total. The van der Waals surface area contributed by atoms with Crippen LogP contribution in [0.3, 0.4) is 0 Å². The van der Waals surface area contributed by atoms with Crippen LogP contribution in [0.4, 0.5) is 14.9 Å². The van der Waals surface area contributed by atoms with Crippen molar-refractivity contribution in [2.45, 2.75) is 39.3 Å². The number of piperazine rings is 1. The van der Waals surface area contributed by atoms with E-state index in [-0.39, 0.29) is 18.0 Å². The molecule has 23 heavy (non-hydrogen) atoms. The first-order valence-electron chi connectivity index (χ1n) is 7.79. The number of nitrogens with zero attached hydrogens (tertiary/aromatic N) is 2. The molecule has 0 aliphatic carbocycles. The van der Waals surface area contributed by atoms with E-state index in [4.69, 9.17) is 9.47 Å². The topological polar surface area (TPSA) is 42.0 Å². The van der Waals surface area contributed by atoms with Crippen molar-refractivity contribution in [2.24, 2.45) is 0 Å². The summed E-state index contributed by atoms with van der Waals surface area (Å²) >= 11 is 0. The predicted molar refractivity (Wildman–Crippen MR) is 87.6 cm³/mol. The summed E-state index contributed by atoms with van der Waals surface area (Å²) in [5.74, 6) is 0.174. The van der Waals surface area contributed by atoms with Crippen LogP contribution in [0, 0.1) is 5.82 Å². The van der Waals surface area contributed by atoms with Gasteiger partial charge in [-0.15, -0.1) is 0 Å². The molecule has 1 fully saturated rings. The molecule has 128 valence electrons. The molecule has 1 aromatic rings. The molecule has 1 aliphatic heterocycles. The zero-order valence-corrected chi connectivity index (χ0v) is 14.4. The Kier molecular flexibility index (Phi) is 5.02. The molecular formula is C17H25FN2O3. The van der Waals surface area contributed by atoms with Crippen molar-refractivity contribution in [3.8, 4) is 5.75 Å². The van der Waals surface area contributed by atoms with Gasteiger partial charge in [-0.1, -0.05) is 0 Å². The number of amides is 1. The average Bonchev–Trinajstić information content (AvgIpc) is 2.45. The van der Waals surface area contributed by atoms with Crippen LogP contribution in [0.5, 0.6) is 5.75 Å². The highest BCUT2D eigenvalue weighted by Crippen LogP contribution is 2.31. The molecule has 0 N–H and O–H groups in total. The van der Waals surface area contributed by atoms with Crippen LogP contribution in [0.15, 0.2) is 18.2 Å². The second-order valence-electron chi connectivity index (χ2n) is 6.78. The number of carbonyl (C=O) groups is 1. The number of carbonyl (C=O) groups excluding carboxylic acids is 1. The number of methoxy groups -OCH3 is 1. The fourth-order valence-corrected chi connectivity index (χ4v) is 2.70. The monoisotopic (exact) mass is 324 g/mol. The van der Waals surface area contributed by atoms with Gasteiger partial charge in [0.05, 0.1) is 12.8 Å². The number of benzene rings is 1. The Morgan fingerprint density at radius 2 is 2.00 bits per heavy atom. The zero-order valence-electron chi connectivity index (χ0n) is 14.4. The Hall–Kier alpha value is -1.98. The lowest BCUT2D eigenvalue weighted by Gasteiger charge is -2.41. The minimum absolute atomic E-state index is 0.0793. The van der Waals surface area contributed by atoms with E-state index in [0.29, 0.717) is 25.4 Å². The van der Waals surface area contributed by atoms with Gasteiger partial charge in [-0.3, -0.25) is 0 Å². The van der Waals surface area contributed by atoms with Gasteiger partial charge in [-0.05, 0) is 39.8 Å². The molecule has 1 saturated heterocycles. The summed E-state index contributed by atoms with van der Waals surface area (Å²) < 4.78 is 24.1. The van der Waals surface area contributed by atoms with Gasteiger partial charge in [-0.25, -0.2) is 9.18 Å². The van der Waals surface area contributed by atoms with E-state index in [9.17, 15) is 9.18 Å². The smallest absolute Gasteiger partial charge is 0.410 e. The second-order valence-corrected chi connectivity index (χ2v) is 6.78. The number of anilines is 1. The molecule has 0 spiro atoms. The van der Waals surface area contributed by atoms with Crippen molar-refractivity contribution in [3.05, 3.63) is 24.0 Å². The standard InChI is InChI=1S/C17H25FN2O3/c1-12-11-19(16(21)23-17(2,3)4)8-9-20(12)14-7-6-13(18)10-15(14)22-5/h6-7,10,12H,8-9,11H2,1-5H3. The summed E-state index contributed by atoms with van der Waals surface area (Å²) in [6.45, 7) is 9.34. The van der Waals surface area contributed by atoms with Crippen LogP contribution in [0.1, 0.15) is 27.7 Å². The first-order valence-corrected chi connectivity index (χ1v) is 7.79. The summed E-state index contributed by atoms with van der Waals surface area (Å²) in [4.78, 5) is 16.0. The van der Waals surface area contributed by atoms with Crippen molar-refractivity contribution in [1.82, 2.24) is 4.90 Å². The molecule has 0 aromatic heterocycles. The van der Waals surface area contributed by atoms with Gasteiger partial charge in [0.2, 0.25) is 0 Å². The molecule has 1 atom stereocenters. The molecule has 1 heterocycles. The van der Waals surface area contributed by atoms with Crippen molar-refractivity contribution >= 4 is 11.8 Å². The lowest BCUT2D eigenvalue weighted by atomic mass is 10.1. The van der Waals surface area contributed by atoms with E-state index < -0.39 is 5.60 Å². The van der Waals surface area contributed by atoms with Crippen LogP contribution in [0.2, 0.25) is 0 Å². The van der Waals surface area contributed by atoms with Gasteiger partial charge in [0, 0.05) is 31.7 Å². The Morgan fingerprint density at radius 3 is 2.57 bits per heavy atom. The fraction of sp³-hybridized carbons (Fsp3) is 0.588. The van der Waals surface area contributed by atoms with Gasteiger partial charge < -0.3 is 19.3 Å². The fourth-order valence-electron chi connectivity index (χ4n) is 2.70. The van der Waals surface area contributed by atoms with E-state index in [1.54, 1.807) is 11.0 Å². The maximum absolute atomic E-state index is 13.4. The van der Waals surface area contributed by atoms with E-state index in [2.05, 4.69) is 4.90 Å². The molecule has 1 unspecified atom stereocenters. The molecule has 1 aromatic carbocycles. The third-order valence-electron chi connectivity index (χ3n) is 3.73. The van der Waals surface area contributed by atoms with E-state index in [0.717, 1.165) is 5.69 Å². The molecule has 2 rings (SSSR count). The predicted octanol–water partition coefficient (Wildman–Crippen LogP) is 3.28. The van der Waals surface area contributed by atoms with Crippen LogP contribution < -0.4 is 9.64 Å². The van der Waals surface area contributed by atoms with Crippen molar-refractivity contribution in [3.63, 3.8) is 0 Å². The molecule has 0 saturated carbocycles. The summed E-state index contributed by atoms with van der Waals surface area (Å²) in [6, 6.07) is 4.59. The van der Waals surface area contributed by atoms with Crippen LogP contribution in [-0.4, -0.2) is 49.4 Å². The van der Waals surface area contributed by atoms with Crippen molar-refractivity contribution in [1.29, 1.82) is 0 Å². The molecular weight excluding hydrogens is 299 g/mol. The minimum atomic E-state index is -0.502. The van der Waals surface area contributed by atoms with Gasteiger partial charge in [-0.2, -0.15) is 0 Å². The first-order chi connectivity index (χ1) is 10.7. The lowest BCUT2D eigenvalue weighted by Crippen LogP contribution is -2.54. The Labute approximate surface area is 137 Å². The highest BCUT2D eigenvalue weighted by Gasteiger charge is 2.31. The van der Waals surface area contributed by atoms with E-state index >= 15 is 0 Å². The normalized spacial score (nSPS) is 18.8. The third-order valence-corrected chi connectivity index (χ3v) is 3.73. The number of ether oxygens (including phenoxy) is 2. The van der Waals surface area contributed by atoms with Gasteiger partial charge in [0.1, 0.15) is 17.2 Å². The lowest BCUT2D eigenvalue weighted by molar-refractivity contribution is 0.0218. The zero-order chi connectivity index (χ0) is 17.2. The number of hydrogen-bond acceptors (Lipinski definition) is 4. The average molecular weight is 324 g/mol. The van der Waals surface area contributed by atoms with Crippen LogP contribution in [0.25, 0.3) is 0 Å². The molecule has 0 radical (unpaired) electrons. The van der Waals surface area contributed by atoms with Gasteiger partial charge in [0.15, 0.2) is 0 Å². The minimum Gasteiger partial charge on any atom is -0.494 e. The molecule has 6 heteroatoms. The summed E-state index contributed by atoms with van der Waals surface area (Å²) in [6.07, 6.45) is -0.296. The maximum atomic E-state index is 13.4. The molecule has 1 amide bonds. The Morgan fingerprint density at radius 1 is 1.30 bits per heavy atom. The summed E-state index contributed by atoms with van der Waals surface area (Å²) in [7, 11) is 1.53. The van der Waals surface area contributed by atoms with Crippen LogP contribution >= 0.6 is 0 Å². The van der Waals surface area contributed by atoms with E-state index in [1.165, 1.54) is 19.2 Å². The van der Waals surface area contributed by atoms with Gasteiger partial charge >= 0.3 is 6.09 Å². The second kappa shape index (κ2) is 6.64. The molecule has 0 bridgehead atoms. The number of rotatable bonds is 2. The SMILES string of the molecule is COc1cc(F)ccc1N1CCN(C(=O)OC(C)(C)C)CC1C. The van der Waals surface area contributed by atoms with Crippen molar-refractivity contribution in [2.75, 3.05) is 31.6 Å². The number of halogens is 1. The maximum Gasteiger partial charge on any atom is 0.410 e. The first kappa shape index (κ1) is 17.4. The number of hydrogen-bond donors (Lipinski definition) is 0. The Balaban J connectivity index is 2.09.